The molecule has 0 spiro atoms. The third-order valence-electron chi connectivity index (χ3n) is 5.30. The van der Waals surface area contributed by atoms with Gasteiger partial charge in [0.2, 0.25) is 0 Å². The normalized spacial score (nSPS) is 14.4. The van der Waals surface area contributed by atoms with Gasteiger partial charge < -0.3 is 10.6 Å². The second-order valence-electron chi connectivity index (χ2n) is 7.66. The number of nitrogens with zero attached hydrogens (tertiary/aromatic N) is 1. The molecule has 178 valence electrons. The van der Waals surface area contributed by atoms with Gasteiger partial charge in [0.05, 0.1) is 26.8 Å². The van der Waals surface area contributed by atoms with E-state index in [9.17, 15) is 14.4 Å². The molecule has 1 unspecified atom stereocenters. The van der Waals surface area contributed by atoms with Crippen molar-refractivity contribution in [2.45, 2.75) is 13.0 Å². The Morgan fingerprint density at radius 3 is 2.23 bits per heavy atom. The van der Waals surface area contributed by atoms with Crippen LogP contribution in [-0.2, 0) is 9.59 Å². The Morgan fingerprint density at radius 2 is 1.51 bits per heavy atom. The molecule has 0 saturated heterocycles. The number of amides is 3. The van der Waals surface area contributed by atoms with Crippen molar-refractivity contribution in [2.75, 3.05) is 10.2 Å². The minimum atomic E-state index is -0.773. The lowest BCUT2D eigenvalue weighted by molar-refractivity contribution is -0.120. The molecule has 1 aliphatic heterocycles. The third kappa shape index (κ3) is 5.16. The Balaban J connectivity index is 1.54. The summed E-state index contributed by atoms with van der Waals surface area (Å²) in [6.07, 6.45) is 0. The quantitative estimate of drug-likeness (QED) is 0.269. The number of carbonyl (C=O) groups excluding carboxylic acids is 3. The summed E-state index contributed by atoms with van der Waals surface area (Å²) in [5.41, 5.74) is 1.60. The second kappa shape index (κ2) is 10.3. The van der Waals surface area contributed by atoms with Crippen LogP contribution < -0.4 is 15.5 Å². The predicted octanol–water partition coefficient (Wildman–Crippen LogP) is 6.57. The number of anilines is 2. The average molecular weight is 549 g/mol. The van der Waals surface area contributed by atoms with Gasteiger partial charge in [-0.05, 0) is 42.8 Å². The van der Waals surface area contributed by atoms with Gasteiger partial charge in [-0.25, -0.2) is 4.90 Å². The molecule has 3 aromatic rings. The van der Waals surface area contributed by atoms with Crippen LogP contribution in [0.25, 0.3) is 0 Å². The molecule has 35 heavy (non-hydrogen) atoms. The fourth-order valence-corrected chi connectivity index (χ4v) is 4.34. The van der Waals surface area contributed by atoms with Crippen LogP contribution in [0.4, 0.5) is 11.4 Å². The summed E-state index contributed by atoms with van der Waals surface area (Å²) in [6, 6.07) is 18.5. The molecular formula is C25H17Cl4N3O3. The van der Waals surface area contributed by atoms with Crippen molar-refractivity contribution in [1.82, 2.24) is 5.32 Å². The molecule has 0 fully saturated rings. The molecular weight excluding hydrogens is 532 g/mol. The van der Waals surface area contributed by atoms with E-state index in [1.165, 1.54) is 12.1 Å². The Hall–Kier alpha value is -3.03. The van der Waals surface area contributed by atoms with E-state index in [2.05, 4.69) is 10.6 Å². The first-order valence-corrected chi connectivity index (χ1v) is 11.8. The van der Waals surface area contributed by atoms with Gasteiger partial charge in [-0.3, -0.25) is 14.4 Å². The maximum absolute atomic E-state index is 13.1. The van der Waals surface area contributed by atoms with Gasteiger partial charge in [0.1, 0.15) is 10.7 Å². The number of halogens is 4. The van der Waals surface area contributed by atoms with E-state index in [1.807, 2.05) is 37.3 Å². The first-order chi connectivity index (χ1) is 16.7. The predicted molar refractivity (Wildman–Crippen MR) is 139 cm³/mol. The summed E-state index contributed by atoms with van der Waals surface area (Å²) < 4.78 is 0. The topological polar surface area (TPSA) is 78.5 Å². The summed E-state index contributed by atoms with van der Waals surface area (Å²) >= 11 is 24.4. The SMILES string of the molecule is CC(NC(=O)c1cccc(NC2=C(Cl)C(=O)N(c3cc(Cl)c(Cl)cc3Cl)C2=O)c1)c1ccccc1. The maximum atomic E-state index is 13.1. The highest BCUT2D eigenvalue weighted by Crippen LogP contribution is 2.38. The van der Waals surface area contributed by atoms with Crippen LogP contribution in [0, 0.1) is 0 Å². The Kier molecular flexibility index (Phi) is 7.38. The van der Waals surface area contributed by atoms with Crippen LogP contribution in [-0.4, -0.2) is 17.7 Å². The number of carbonyl (C=O) groups is 3. The largest absolute Gasteiger partial charge is 0.350 e. The first-order valence-electron chi connectivity index (χ1n) is 10.3. The Bertz CT molecular complexity index is 1380. The molecule has 1 aliphatic rings. The van der Waals surface area contributed by atoms with Crippen LogP contribution in [0.5, 0.6) is 0 Å². The highest BCUT2D eigenvalue weighted by Gasteiger charge is 2.40. The van der Waals surface area contributed by atoms with Gasteiger partial charge in [0.15, 0.2) is 0 Å². The summed E-state index contributed by atoms with van der Waals surface area (Å²) in [6.45, 7) is 1.88. The highest BCUT2D eigenvalue weighted by molar-refractivity contribution is 6.54. The number of imide groups is 1. The van der Waals surface area contributed by atoms with Crippen LogP contribution in [0.1, 0.15) is 28.9 Å². The molecule has 0 aromatic heterocycles. The molecule has 0 aliphatic carbocycles. The molecule has 6 nitrogen and oxygen atoms in total. The van der Waals surface area contributed by atoms with Crippen molar-refractivity contribution in [3.63, 3.8) is 0 Å². The number of hydrogen-bond acceptors (Lipinski definition) is 4. The molecule has 0 radical (unpaired) electrons. The van der Waals surface area contributed by atoms with Crippen molar-refractivity contribution in [1.29, 1.82) is 0 Å². The van der Waals surface area contributed by atoms with Crippen molar-refractivity contribution < 1.29 is 14.4 Å². The molecule has 1 atom stereocenters. The van der Waals surface area contributed by atoms with Gasteiger partial charge in [0.25, 0.3) is 17.7 Å². The van der Waals surface area contributed by atoms with Crippen molar-refractivity contribution in [3.05, 3.63) is 104 Å². The third-order valence-corrected chi connectivity index (χ3v) is 6.67. The molecule has 0 bridgehead atoms. The van der Waals surface area contributed by atoms with E-state index in [4.69, 9.17) is 46.4 Å². The second-order valence-corrected chi connectivity index (χ2v) is 9.26. The van der Waals surface area contributed by atoms with Crippen LogP contribution in [0.3, 0.4) is 0 Å². The lowest BCUT2D eigenvalue weighted by Crippen LogP contribution is -2.32. The van der Waals surface area contributed by atoms with Gasteiger partial charge in [0, 0.05) is 11.3 Å². The maximum Gasteiger partial charge on any atom is 0.283 e. The molecule has 2 N–H and O–H groups in total. The van der Waals surface area contributed by atoms with E-state index >= 15 is 0 Å². The summed E-state index contributed by atoms with van der Waals surface area (Å²) in [5, 5.41) is 5.80. The minimum Gasteiger partial charge on any atom is -0.350 e. The van der Waals surface area contributed by atoms with Gasteiger partial charge in [-0.1, -0.05) is 82.8 Å². The molecule has 10 heteroatoms. The Morgan fingerprint density at radius 1 is 0.829 bits per heavy atom. The minimum absolute atomic E-state index is 0.0500. The zero-order valence-corrected chi connectivity index (χ0v) is 21.1. The lowest BCUT2D eigenvalue weighted by Gasteiger charge is -2.17. The monoisotopic (exact) mass is 547 g/mol. The van der Waals surface area contributed by atoms with Crippen molar-refractivity contribution >= 4 is 75.5 Å². The number of rotatable bonds is 6. The van der Waals surface area contributed by atoms with E-state index in [1.54, 1.807) is 24.3 Å². The summed E-state index contributed by atoms with van der Waals surface area (Å²) in [5.74, 6) is -1.80. The fourth-order valence-electron chi connectivity index (χ4n) is 3.50. The fraction of sp³-hybridized carbons (Fsp3) is 0.0800. The molecule has 3 aromatic carbocycles. The van der Waals surface area contributed by atoms with Gasteiger partial charge in [-0.15, -0.1) is 0 Å². The number of hydrogen-bond donors (Lipinski definition) is 2. The zero-order valence-electron chi connectivity index (χ0n) is 18.1. The van der Waals surface area contributed by atoms with Crippen molar-refractivity contribution in [2.24, 2.45) is 0 Å². The highest BCUT2D eigenvalue weighted by atomic mass is 35.5. The Labute approximate surface area is 221 Å². The lowest BCUT2D eigenvalue weighted by atomic mass is 10.1. The zero-order chi connectivity index (χ0) is 25.3. The standard InChI is InChI=1S/C25H17Cl4N3O3/c1-13(14-6-3-2-4-7-14)30-23(33)15-8-5-9-16(10-15)31-22-21(29)24(34)32(25(22)35)20-12-18(27)17(26)11-19(20)28/h2-13,31H,1H3,(H,30,33). The van der Waals surface area contributed by atoms with E-state index in [0.29, 0.717) is 11.3 Å². The number of nitrogens with one attached hydrogen (secondary N) is 2. The van der Waals surface area contributed by atoms with E-state index < -0.39 is 11.8 Å². The smallest absolute Gasteiger partial charge is 0.283 e. The van der Waals surface area contributed by atoms with Gasteiger partial charge in [-0.2, -0.15) is 0 Å². The van der Waals surface area contributed by atoms with Crippen LogP contribution in [0.15, 0.2) is 77.5 Å². The average Bonchev–Trinajstić information content (AvgIpc) is 3.05. The van der Waals surface area contributed by atoms with Crippen LogP contribution >= 0.6 is 46.4 Å². The van der Waals surface area contributed by atoms with E-state index in [-0.39, 0.29) is 43.4 Å². The first kappa shape index (κ1) is 25.1. The van der Waals surface area contributed by atoms with Gasteiger partial charge >= 0.3 is 0 Å². The summed E-state index contributed by atoms with van der Waals surface area (Å²) in [4.78, 5) is 39.5. The van der Waals surface area contributed by atoms with E-state index in [0.717, 1.165) is 10.5 Å². The molecule has 3 amide bonds. The number of benzene rings is 3. The van der Waals surface area contributed by atoms with Crippen LogP contribution in [0.2, 0.25) is 15.1 Å². The summed E-state index contributed by atoms with van der Waals surface area (Å²) in [7, 11) is 0. The molecule has 1 heterocycles. The molecule has 4 rings (SSSR count). The molecule has 0 saturated carbocycles. The van der Waals surface area contributed by atoms with Crippen molar-refractivity contribution in [3.8, 4) is 0 Å².